The first-order valence-electron chi connectivity index (χ1n) is 9.33. The van der Waals surface area contributed by atoms with Crippen LogP contribution in [0, 0.1) is 5.41 Å². The lowest BCUT2D eigenvalue weighted by molar-refractivity contribution is 0.0601. The van der Waals surface area contributed by atoms with Crippen LogP contribution in [-0.2, 0) is 4.74 Å². The minimum Gasteiger partial charge on any atom is -0.497 e. The number of ether oxygens (including phenoxy) is 2. The second kappa shape index (κ2) is 7.82. The summed E-state index contributed by atoms with van der Waals surface area (Å²) in [4.78, 5) is 14.1. The minimum absolute atomic E-state index is 0.282. The summed E-state index contributed by atoms with van der Waals surface area (Å²) < 4.78 is 15.7. The maximum Gasteiger partial charge on any atom is 0.339 e. The van der Waals surface area contributed by atoms with Crippen molar-refractivity contribution in [2.45, 2.75) is 6.17 Å². The van der Waals surface area contributed by atoms with Gasteiger partial charge in [0.15, 0.2) is 0 Å². The number of furan rings is 1. The molecule has 0 saturated heterocycles. The van der Waals surface area contributed by atoms with Gasteiger partial charge in [-0.05, 0) is 48.0 Å². The molecule has 30 heavy (non-hydrogen) atoms. The number of nitrogens with zero attached hydrogens (tertiary/aromatic N) is 1. The van der Waals surface area contributed by atoms with Crippen molar-refractivity contribution in [1.82, 2.24) is 0 Å². The lowest BCUT2D eigenvalue weighted by Crippen LogP contribution is -2.42. The summed E-state index contributed by atoms with van der Waals surface area (Å²) in [5.41, 5.74) is 3.29. The molecular formula is C22H22N4O4. The number of methoxy groups -OCH3 is 2. The number of nitrogens with one attached hydrogen (secondary N) is 3. The van der Waals surface area contributed by atoms with Gasteiger partial charge in [0.05, 0.1) is 31.6 Å². The molecule has 0 spiro atoms. The van der Waals surface area contributed by atoms with Crippen LogP contribution in [0.1, 0.15) is 27.7 Å². The second-order valence-electron chi connectivity index (χ2n) is 6.67. The zero-order chi connectivity index (χ0) is 21.3. The number of benzene rings is 2. The van der Waals surface area contributed by atoms with Gasteiger partial charge in [0, 0.05) is 18.4 Å². The van der Waals surface area contributed by atoms with Crippen LogP contribution in [-0.4, -0.2) is 33.1 Å². The molecule has 1 atom stereocenters. The van der Waals surface area contributed by atoms with E-state index in [1.807, 2.05) is 41.3 Å². The molecule has 2 heterocycles. The minimum atomic E-state index is -0.473. The van der Waals surface area contributed by atoms with Crippen molar-refractivity contribution in [3.05, 3.63) is 71.5 Å². The van der Waals surface area contributed by atoms with E-state index in [0.717, 1.165) is 17.0 Å². The lowest BCUT2D eigenvalue weighted by atomic mass is 10.0. The van der Waals surface area contributed by atoms with E-state index in [4.69, 9.17) is 19.3 Å². The molecule has 1 aliphatic heterocycles. The third kappa shape index (κ3) is 3.22. The molecule has 1 aliphatic rings. The van der Waals surface area contributed by atoms with Crippen LogP contribution in [0.3, 0.4) is 0 Å². The summed E-state index contributed by atoms with van der Waals surface area (Å²) in [7, 11) is 4.70. The van der Waals surface area contributed by atoms with Gasteiger partial charge in [-0.15, -0.1) is 0 Å². The highest BCUT2D eigenvalue weighted by Gasteiger charge is 2.34. The SMILES string of the molecule is CNc1ccc(C2Nc3occc3C(=N)N2c2ccc(OC)cc2)cc1C(=O)OC. The Morgan fingerprint density at radius 3 is 2.60 bits per heavy atom. The summed E-state index contributed by atoms with van der Waals surface area (Å²) in [5.74, 6) is 1.07. The first kappa shape index (κ1) is 19.4. The molecule has 0 radical (unpaired) electrons. The van der Waals surface area contributed by atoms with E-state index >= 15 is 0 Å². The monoisotopic (exact) mass is 406 g/mol. The number of amidine groups is 1. The maximum atomic E-state index is 12.3. The summed E-state index contributed by atoms with van der Waals surface area (Å²) in [5, 5.41) is 15.1. The van der Waals surface area contributed by atoms with Crippen LogP contribution in [0.4, 0.5) is 17.3 Å². The number of rotatable bonds is 5. The first-order chi connectivity index (χ1) is 14.6. The number of hydrogen-bond donors (Lipinski definition) is 3. The maximum absolute atomic E-state index is 12.3. The number of carbonyl (C=O) groups excluding carboxylic acids is 1. The average molecular weight is 406 g/mol. The molecule has 1 aromatic heterocycles. The third-order valence-corrected chi connectivity index (χ3v) is 5.07. The van der Waals surface area contributed by atoms with Crippen molar-refractivity contribution < 1.29 is 18.7 Å². The van der Waals surface area contributed by atoms with Gasteiger partial charge in [-0.3, -0.25) is 5.41 Å². The predicted molar refractivity (Wildman–Crippen MR) is 115 cm³/mol. The molecule has 3 N–H and O–H groups in total. The van der Waals surface area contributed by atoms with E-state index in [9.17, 15) is 4.79 Å². The molecule has 8 nitrogen and oxygen atoms in total. The molecule has 0 bridgehead atoms. The van der Waals surface area contributed by atoms with Gasteiger partial charge in [0.1, 0.15) is 17.8 Å². The molecule has 0 fully saturated rings. The fraction of sp³-hybridized carbons (Fsp3) is 0.182. The van der Waals surface area contributed by atoms with E-state index in [0.29, 0.717) is 22.7 Å². The van der Waals surface area contributed by atoms with Crippen LogP contribution >= 0.6 is 0 Å². The highest BCUT2D eigenvalue weighted by atomic mass is 16.5. The Morgan fingerprint density at radius 2 is 1.93 bits per heavy atom. The molecule has 3 aromatic rings. The van der Waals surface area contributed by atoms with Gasteiger partial charge in [0.25, 0.3) is 0 Å². The third-order valence-electron chi connectivity index (χ3n) is 5.07. The van der Waals surface area contributed by atoms with Gasteiger partial charge in [-0.1, -0.05) is 6.07 Å². The Hall–Kier alpha value is -3.94. The Balaban J connectivity index is 1.83. The van der Waals surface area contributed by atoms with Crippen LogP contribution in [0.15, 0.2) is 59.2 Å². The van der Waals surface area contributed by atoms with E-state index in [-0.39, 0.29) is 5.84 Å². The van der Waals surface area contributed by atoms with Crippen LogP contribution in [0.2, 0.25) is 0 Å². The van der Waals surface area contributed by atoms with Crippen molar-refractivity contribution >= 4 is 29.1 Å². The lowest BCUT2D eigenvalue weighted by Gasteiger charge is -2.38. The Labute approximate surface area is 173 Å². The van der Waals surface area contributed by atoms with Gasteiger partial charge < -0.3 is 29.4 Å². The van der Waals surface area contributed by atoms with E-state index in [1.54, 1.807) is 32.6 Å². The second-order valence-corrected chi connectivity index (χ2v) is 6.67. The Morgan fingerprint density at radius 1 is 1.17 bits per heavy atom. The number of hydrogen-bond acceptors (Lipinski definition) is 7. The summed E-state index contributed by atoms with van der Waals surface area (Å²) in [6, 6.07) is 14.7. The Bertz CT molecular complexity index is 1090. The van der Waals surface area contributed by atoms with Gasteiger partial charge in [-0.2, -0.15) is 0 Å². The van der Waals surface area contributed by atoms with Gasteiger partial charge in [0.2, 0.25) is 5.88 Å². The summed E-state index contributed by atoms with van der Waals surface area (Å²) in [6.07, 6.45) is 1.07. The largest absolute Gasteiger partial charge is 0.497 e. The van der Waals surface area contributed by atoms with E-state index in [2.05, 4.69) is 10.6 Å². The van der Waals surface area contributed by atoms with Crippen LogP contribution in [0.25, 0.3) is 0 Å². The quantitative estimate of drug-likeness (QED) is 0.549. The highest BCUT2D eigenvalue weighted by Crippen LogP contribution is 2.38. The van der Waals surface area contributed by atoms with Crippen LogP contribution in [0.5, 0.6) is 5.75 Å². The Kier molecular flexibility index (Phi) is 5.05. The standard InChI is InChI=1S/C22H22N4O4/c1-24-18-9-4-13(12-17(18)22(27)29-3)20-25-21-16(10-11-30-21)19(23)26(20)14-5-7-15(28-2)8-6-14/h4-12,20,23-25H,1-3H3. The molecule has 0 aliphatic carbocycles. The molecule has 154 valence electrons. The molecular weight excluding hydrogens is 384 g/mol. The van der Waals surface area contributed by atoms with Gasteiger partial charge >= 0.3 is 5.97 Å². The molecule has 0 saturated carbocycles. The normalized spacial score (nSPS) is 15.2. The molecule has 0 amide bonds. The topological polar surface area (TPSA) is 99.8 Å². The highest BCUT2D eigenvalue weighted by molar-refractivity contribution is 6.13. The number of anilines is 3. The predicted octanol–water partition coefficient (Wildman–Crippen LogP) is 4.07. The smallest absolute Gasteiger partial charge is 0.339 e. The molecule has 1 unspecified atom stereocenters. The van der Waals surface area contributed by atoms with Crippen molar-refractivity contribution in [3.63, 3.8) is 0 Å². The molecule has 8 heteroatoms. The van der Waals surface area contributed by atoms with Crippen molar-refractivity contribution in [2.75, 3.05) is 36.8 Å². The van der Waals surface area contributed by atoms with Gasteiger partial charge in [-0.25, -0.2) is 4.79 Å². The molecule has 4 rings (SSSR count). The molecule has 2 aromatic carbocycles. The number of carbonyl (C=O) groups is 1. The summed E-state index contributed by atoms with van der Waals surface area (Å²) >= 11 is 0. The van der Waals surface area contributed by atoms with E-state index in [1.165, 1.54) is 7.11 Å². The van der Waals surface area contributed by atoms with Crippen LogP contribution < -0.4 is 20.3 Å². The average Bonchev–Trinajstić information content (AvgIpc) is 3.27. The first-order valence-corrected chi connectivity index (χ1v) is 9.33. The fourth-order valence-corrected chi connectivity index (χ4v) is 3.54. The zero-order valence-electron chi connectivity index (χ0n) is 16.9. The van der Waals surface area contributed by atoms with Crippen molar-refractivity contribution in [2.24, 2.45) is 0 Å². The number of fused-ring (bicyclic) bond motifs is 1. The zero-order valence-corrected chi connectivity index (χ0v) is 16.9. The summed E-state index contributed by atoms with van der Waals surface area (Å²) in [6.45, 7) is 0. The fourth-order valence-electron chi connectivity index (χ4n) is 3.54. The van der Waals surface area contributed by atoms with Crippen molar-refractivity contribution in [1.29, 1.82) is 5.41 Å². The van der Waals surface area contributed by atoms with Crippen molar-refractivity contribution in [3.8, 4) is 5.75 Å². The van der Waals surface area contributed by atoms with E-state index < -0.39 is 12.1 Å². The number of esters is 1.